The second kappa shape index (κ2) is 5.33. The van der Waals surface area contributed by atoms with E-state index in [0.29, 0.717) is 12.5 Å². The highest BCUT2D eigenvalue weighted by molar-refractivity contribution is 5.20. The number of benzene rings is 1. The van der Waals surface area contributed by atoms with E-state index in [1.165, 1.54) is 12.1 Å². The molecular formula is C14H20F2N2. The molecule has 1 saturated carbocycles. The number of rotatable bonds is 5. The summed E-state index contributed by atoms with van der Waals surface area (Å²) >= 11 is 0. The SMILES string of the molecule is CN(CC1CC(N)C1)CC(F)(F)c1ccccc1. The van der Waals surface area contributed by atoms with Crippen molar-refractivity contribution in [2.45, 2.75) is 24.8 Å². The first-order valence-corrected chi connectivity index (χ1v) is 6.35. The summed E-state index contributed by atoms with van der Waals surface area (Å²) in [6.07, 6.45) is 1.92. The van der Waals surface area contributed by atoms with Crippen molar-refractivity contribution < 1.29 is 8.78 Å². The quantitative estimate of drug-likeness (QED) is 0.874. The van der Waals surface area contributed by atoms with Gasteiger partial charge in [-0.3, -0.25) is 4.90 Å². The Morgan fingerprint density at radius 2 is 1.89 bits per heavy atom. The molecule has 0 heterocycles. The molecular weight excluding hydrogens is 234 g/mol. The number of nitrogens with zero attached hydrogens (tertiary/aromatic N) is 1. The van der Waals surface area contributed by atoms with Crippen LogP contribution in [0.3, 0.4) is 0 Å². The molecule has 1 aliphatic rings. The highest BCUT2D eigenvalue weighted by atomic mass is 19.3. The fraction of sp³-hybridized carbons (Fsp3) is 0.571. The molecule has 0 spiro atoms. The number of hydrogen-bond acceptors (Lipinski definition) is 2. The Labute approximate surface area is 107 Å². The molecule has 1 fully saturated rings. The third kappa shape index (κ3) is 3.27. The van der Waals surface area contributed by atoms with Crippen molar-refractivity contribution in [3.8, 4) is 0 Å². The molecule has 0 saturated heterocycles. The zero-order valence-electron chi connectivity index (χ0n) is 10.7. The molecule has 100 valence electrons. The van der Waals surface area contributed by atoms with Gasteiger partial charge in [0.05, 0.1) is 6.54 Å². The lowest BCUT2D eigenvalue weighted by molar-refractivity contribution is -0.0373. The maximum absolute atomic E-state index is 14.0. The maximum atomic E-state index is 14.0. The van der Waals surface area contributed by atoms with Crippen molar-refractivity contribution in [2.24, 2.45) is 11.7 Å². The van der Waals surface area contributed by atoms with E-state index in [1.54, 1.807) is 30.1 Å². The minimum atomic E-state index is -2.79. The van der Waals surface area contributed by atoms with E-state index >= 15 is 0 Å². The second-order valence-corrected chi connectivity index (χ2v) is 5.36. The summed E-state index contributed by atoms with van der Waals surface area (Å²) in [5.74, 6) is -2.31. The molecule has 2 nitrogen and oxygen atoms in total. The van der Waals surface area contributed by atoms with Crippen LogP contribution in [0.2, 0.25) is 0 Å². The summed E-state index contributed by atoms with van der Waals surface area (Å²) in [6, 6.07) is 8.28. The predicted molar refractivity (Wildman–Crippen MR) is 68.5 cm³/mol. The number of alkyl halides is 2. The molecule has 0 bridgehead atoms. The Kier molecular flexibility index (Phi) is 3.97. The first-order chi connectivity index (χ1) is 8.47. The summed E-state index contributed by atoms with van der Waals surface area (Å²) in [5, 5.41) is 0. The van der Waals surface area contributed by atoms with Crippen molar-refractivity contribution in [3.63, 3.8) is 0 Å². The van der Waals surface area contributed by atoms with Crippen molar-refractivity contribution in [1.82, 2.24) is 4.90 Å². The number of halogens is 2. The van der Waals surface area contributed by atoms with E-state index in [4.69, 9.17) is 5.73 Å². The molecule has 0 aliphatic heterocycles. The van der Waals surface area contributed by atoms with Crippen molar-refractivity contribution >= 4 is 0 Å². The lowest BCUT2D eigenvalue weighted by Gasteiger charge is -2.36. The lowest BCUT2D eigenvalue weighted by Crippen LogP contribution is -2.44. The van der Waals surface area contributed by atoms with Crippen molar-refractivity contribution in [3.05, 3.63) is 35.9 Å². The topological polar surface area (TPSA) is 29.3 Å². The van der Waals surface area contributed by atoms with Gasteiger partial charge in [-0.25, -0.2) is 0 Å². The lowest BCUT2D eigenvalue weighted by atomic mass is 9.80. The molecule has 18 heavy (non-hydrogen) atoms. The van der Waals surface area contributed by atoms with Crippen LogP contribution in [-0.4, -0.2) is 31.1 Å². The van der Waals surface area contributed by atoms with Gasteiger partial charge in [-0.15, -0.1) is 0 Å². The zero-order chi connectivity index (χ0) is 13.2. The zero-order valence-corrected chi connectivity index (χ0v) is 10.7. The summed E-state index contributed by atoms with van der Waals surface area (Å²) in [6.45, 7) is 0.471. The van der Waals surface area contributed by atoms with Gasteiger partial charge in [0.15, 0.2) is 0 Å². The Morgan fingerprint density at radius 3 is 2.44 bits per heavy atom. The molecule has 4 heteroatoms. The first-order valence-electron chi connectivity index (χ1n) is 6.35. The molecule has 1 aromatic carbocycles. The molecule has 1 aliphatic carbocycles. The Morgan fingerprint density at radius 1 is 1.28 bits per heavy atom. The van der Waals surface area contributed by atoms with Gasteiger partial charge < -0.3 is 5.73 Å². The standard InChI is InChI=1S/C14H20F2N2/c1-18(9-11-7-13(17)8-11)10-14(15,16)12-5-3-2-4-6-12/h2-6,11,13H,7-10,17H2,1H3. The molecule has 0 amide bonds. The third-order valence-electron chi connectivity index (χ3n) is 3.51. The van der Waals surface area contributed by atoms with Crippen LogP contribution < -0.4 is 5.73 Å². The minimum Gasteiger partial charge on any atom is -0.328 e. The van der Waals surface area contributed by atoms with Crippen molar-refractivity contribution in [2.75, 3.05) is 20.1 Å². The van der Waals surface area contributed by atoms with Gasteiger partial charge in [0.2, 0.25) is 0 Å². The van der Waals surface area contributed by atoms with Crippen LogP contribution in [0.15, 0.2) is 30.3 Å². The largest absolute Gasteiger partial charge is 0.328 e. The number of nitrogens with two attached hydrogens (primary N) is 1. The molecule has 2 rings (SSSR count). The molecule has 0 aromatic heterocycles. The third-order valence-corrected chi connectivity index (χ3v) is 3.51. The Hall–Kier alpha value is -1.00. The maximum Gasteiger partial charge on any atom is 0.285 e. The van der Waals surface area contributed by atoms with Crippen LogP contribution in [0.5, 0.6) is 0 Å². The summed E-state index contributed by atoms with van der Waals surface area (Å²) in [7, 11) is 1.75. The van der Waals surface area contributed by atoms with Crippen LogP contribution >= 0.6 is 0 Å². The van der Waals surface area contributed by atoms with E-state index < -0.39 is 5.92 Å². The molecule has 0 unspecified atom stereocenters. The molecule has 2 N–H and O–H groups in total. The number of hydrogen-bond donors (Lipinski definition) is 1. The molecule has 0 radical (unpaired) electrons. The summed E-state index contributed by atoms with van der Waals surface area (Å²) < 4.78 is 28.0. The van der Waals surface area contributed by atoms with E-state index in [2.05, 4.69) is 0 Å². The van der Waals surface area contributed by atoms with E-state index in [0.717, 1.165) is 12.8 Å². The van der Waals surface area contributed by atoms with Gasteiger partial charge in [0, 0.05) is 18.2 Å². The normalized spacial score (nSPS) is 24.1. The second-order valence-electron chi connectivity index (χ2n) is 5.36. The highest BCUT2D eigenvalue weighted by Gasteiger charge is 2.34. The minimum absolute atomic E-state index is 0.0853. The first kappa shape index (κ1) is 13.4. The smallest absolute Gasteiger partial charge is 0.285 e. The van der Waals surface area contributed by atoms with Crippen molar-refractivity contribution in [1.29, 1.82) is 0 Å². The fourth-order valence-corrected chi connectivity index (χ4v) is 2.55. The highest BCUT2D eigenvalue weighted by Crippen LogP contribution is 2.30. The van der Waals surface area contributed by atoms with Gasteiger partial charge >= 0.3 is 0 Å². The predicted octanol–water partition coefficient (Wildman–Crippen LogP) is 2.45. The monoisotopic (exact) mass is 254 g/mol. The van der Waals surface area contributed by atoms with E-state index in [1.807, 2.05) is 0 Å². The Bertz CT molecular complexity index is 375. The van der Waals surface area contributed by atoms with Crippen LogP contribution in [0.1, 0.15) is 18.4 Å². The van der Waals surface area contributed by atoms with Gasteiger partial charge in [-0.1, -0.05) is 30.3 Å². The fourth-order valence-electron chi connectivity index (χ4n) is 2.55. The van der Waals surface area contributed by atoms with Gasteiger partial charge in [-0.2, -0.15) is 8.78 Å². The van der Waals surface area contributed by atoms with Crippen LogP contribution in [0.25, 0.3) is 0 Å². The van der Waals surface area contributed by atoms with Gasteiger partial charge in [-0.05, 0) is 25.8 Å². The van der Waals surface area contributed by atoms with E-state index in [9.17, 15) is 8.78 Å². The summed E-state index contributed by atoms with van der Waals surface area (Å²) in [5.41, 5.74) is 5.78. The molecule has 0 atom stereocenters. The molecule has 1 aromatic rings. The van der Waals surface area contributed by atoms with Crippen LogP contribution in [0, 0.1) is 5.92 Å². The Balaban J connectivity index is 1.87. The summed E-state index contributed by atoms with van der Waals surface area (Å²) in [4.78, 5) is 1.71. The average molecular weight is 254 g/mol. The van der Waals surface area contributed by atoms with E-state index in [-0.39, 0.29) is 18.2 Å². The van der Waals surface area contributed by atoms with Gasteiger partial charge in [0.25, 0.3) is 5.92 Å². The van der Waals surface area contributed by atoms with Crippen LogP contribution in [-0.2, 0) is 5.92 Å². The number of likely N-dealkylation sites (N-methyl/N-ethyl adjacent to an activating group) is 1. The average Bonchev–Trinajstić information content (AvgIpc) is 2.27. The van der Waals surface area contributed by atoms with Crippen LogP contribution in [0.4, 0.5) is 8.78 Å². The van der Waals surface area contributed by atoms with Gasteiger partial charge in [0.1, 0.15) is 0 Å².